The average Bonchev–Trinajstić information content (AvgIpc) is 3.89. The van der Waals surface area contributed by atoms with Crippen LogP contribution in [0.25, 0.3) is 10.9 Å². The summed E-state index contributed by atoms with van der Waals surface area (Å²) in [6.07, 6.45) is 4.00. The van der Waals surface area contributed by atoms with E-state index in [4.69, 9.17) is 11.5 Å². The molecule has 1 saturated heterocycles. The Balaban J connectivity index is 1.82. The first-order valence-electron chi connectivity index (χ1n) is 20.9. The molecule has 20 nitrogen and oxygen atoms in total. The van der Waals surface area contributed by atoms with Gasteiger partial charge in [0.1, 0.15) is 36.3 Å². The number of aliphatic hydroxyl groups excluding tert-OH is 1. The lowest BCUT2D eigenvalue weighted by atomic mass is 9.97. The topological polar surface area (TPSA) is 320 Å². The van der Waals surface area contributed by atoms with Crippen LogP contribution in [0.3, 0.4) is 0 Å². The van der Waals surface area contributed by atoms with Crippen molar-refractivity contribution in [2.24, 2.45) is 23.3 Å². The zero-order valence-electron chi connectivity index (χ0n) is 35.6. The Bertz CT molecular complexity index is 1850. The van der Waals surface area contributed by atoms with Crippen molar-refractivity contribution in [3.05, 3.63) is 36.0 Å². The minimum Gasteiger partial charge on any atom is -0.480 e. The number of nitrogens with one attached hydrogen (secondary N) is 7. The molecule has 1 aliphatic heterocycles. The largest absolute Gasteiger partial charge is 0.480 e. The number of aliphatic carboxylic acids is 1. The number of nitrogens with zero attached hydrogens (tertiary/aromatic N) is 1. The normalized spacial score (nSPS) is 17.3. The van der Waals surface area contributed by atoms with Crippen LogP contribution >= 0.6 is 0 Å². The van der Waals surface area contributed by atoms with Gasteiger partial charge in [-0.05, 0) is 69.0 Å². The summed E-state index contributed by atoms with van der Waals surface area (Å²) in [6, 6.07) is -0.544. The molecule has 0 radical (unpaired) electrons. The van der Waals surface area contributed by atoms with Gasteiger partial charge in [0.15, 0.2) is 0 Å². The molecule has 1 aromatic heterocycles. The molecule has 13 N–H and O–H groups in total. The molecule has 1 aromatic carbocycles. The van der Waals surface area contributed by atoms with Crippen molar-refractivity contribution < 1.29 is 48.6 Å². The van der Waals surface area contributed by atoms with Crippen LogP contribution in [0.4, 0.5) is 0 Å². The van der Waals surface area contributed by atoms with Crippen LogP contribution < -0.4 is 43.4 Å². The Morgan fingerprint density at radius 2 is 1.52 bits per heavy atom. The molecule has 2 heterocycles. The van der Waals surface area contributed by atoms with Gasteiger partial charge in [-0.2, -0.15) is 0 Å². The smallest absolute Gasteiger partial charge is 0.328 e. The highest BCUT2D eigenvalue weighted by atomic mass is 16.4. The van der Waals surface area contributed by atoms with Crippen molar-refractivity contribution in [1.82, 2.24) is 41.8 Å². The number of carbonyl (C=O) groups excluding carboxylic acids is 7. The van der Waals surface area contributed by atoms with E-state index in [9.17, 15) is 48.6 Å². The second-order valence-corrected chi connectivity index (χ2v) is 15.9. The molecule has 20 heteroatoms. The number of aliphatic hydroxyl groups is 1. The van der Waals surface area contributed by atoms with Crippen LogP contribution in [0.5, 0.6) is 0 Å². The summed E-state index contributed by atoms with van der Waals surface area (Å²) in [5.41, 5.74) is 12.8. The Morgan fingerprint density at radius 3 is 2.15 bits per heavy atom. The first kappa shape index (κ1) is 49.8. The molecule has 2 aromatic rings. The number of aromatic amines is 1. The number of amides is 7. The third kappa shape index (κ3) is 14.2. The summed E-state index contributed by atoms with van der Waals surface area (Å²) >= 11 is 0. The predicted octanol–water partition coefficient (Wildman–Crippen LogP) is -1.50. The van der Waals surface area contributed by atoms with E-state index >= 15 is 0 Å². The summed E-state index contributed by atoms with van der Waals surface area (Å²) in [7, 11) is 0. The number of nitrogens with two attached hydrogens (primary N) is 2. The number of fused-ring (bicyclic) bond motifs is 1. The first-order valence-corrected chi connectivity index (χ1v) is 20.9. The lowest BCUT2D eigenvalue weighted by Crippen LogP contribution is -2.60. The lowest BCUT2D eigenvalue weighted by molar-refractivity contribution is -0.143. The number of carboxylic acids is 1. The van der Waals surface area contributed by atoms with Crippen LogP contribution in [-0.2, 0) is 44.8 Å². The van der Waals surface area contributed by atoms with Crippen LogP contribution in [0.2, 0.25) is 0 Å². The molecular weight excluding hydrogens is 793 g/mol. The van der Waals surface area contributed by atoms with E-state index in [-0.39, 0.29) is 25.3 Å². The van der Waals surface area contributed by atoms with Crippen LogP contribution in [0.15, 0.2) is 30.5 Å². The Kier molecular flexibility index (Phi) is 19.6. The highest BCUT2D eigenvalue weighted by Crippen LogP contribution is 2.23. The van der Waals surface area contributed by atoms with Gasteiger partial charge in [0, 0.05) is 30.1 Å². The lowest BCUT2D eigenvalue weighted by Gasteiger charge is -2.32. The summed E-state index contributed by atoms with van der Waals surface area (Å²) in [5.74, 6) is -6.83. The van der Waals surface area contributed by atoms with Crippen molar-refractivity contribution in [3.63, 3.8) is 0 Å². The fourth-order valence-electron chi connectivity index (χ4n) is 6.98. The number of benzene rings is 1. The van der Waals surface area contributed by atoms with Crippen molar-refractivity contribution >= 4 is 58.2 Å². The molecule has 1 aliphatic rings. The number of para-hydroxylation sites is 1. The molecule has 3 rings (SSSR count). The monoisotopic (exact) mass is 856 g/mol. The number of carbonyl (C=O) groups is 8. The Labute approximate surface area is 355 Å². The molecule has 338 valence electrons. The molecule has 0 aliphatic carbocycles. The van der Waals surface area contributed by atoms with Gasteiger partial charge in [-0.15, -0.1) is 0 Å². The summed E-state index contributed by atoms with van der Waals surface area (Å²) in [5, 5.41) is 34.9. The van der Waals surface area contributed by atoms with Crippen molar-refractivity contribution in [3.8, 4) is 0 Å². The van der Waals surface area contributed by atoms with Crippen LogP contribution in [0, 0.1) is 11.8 Å². The average molecular weight is 857 g/mol. The van der Waals surface area contributed by atoms with Crippen molar-refractivity contribution in [1.29, 1.82) is 0 Å². The third-order valence-corrected chi connectivity index (χ3v) is 10.8. The van der Waals surface area contributed by atoms with E-state index in [1.165, 1.54) is 11.8 Å². The Hall–Kier alpha value is -5.60. The van der Waals surface area contributed by atoms with E-state index in [1.807, 2.05) is 31.2 Å². The Morgan fingerprint density at radius 1 is 0.852 bits per heavy atom. The second kappa shape index (κ2) is 24.0. The summed E-state index contributed by atoms with van der Waals surface area (Å²) in [4.78, 5) is 110. The van der Waals surface area contributed by atoms with E-state index in [0.717, 1.165) is 10.9 Å². The molecule has 8 atom stereocenters. The molecular formula is C41H64N10O10. The van der Waals surface area contributed by atoms with Gasteiger partial charge in [0.05, 0.1) is 19.2 Å². The van der Waals surface area contributed by atoms with Gasteiger partial charge in [0.2, 0.25) is 41.4 Å². The molecule has 7 amide bonds. The zero-order valence-corrected chi connectivity index (χ0v) is 35.6. The molecule has 61 heavy (non-hydrogen) atoms. The van der Waals surface area contributed by atoms with E-state index < -0.39 is 109 Å². The third-order valence-electron chi connectivity index (χ3n) is 10.8. The van der Waals surface area contributed by atoms with Crippen molar-refractivity contribution in [2.75, 3.05) is 26.2 Å². The molecule has 0 saturated carbocycles. The molecule has 1 fully saturated rings. The van der Waals surface area contributed by atoms with Gasteiger partial charge >= 0.3 is 5.97 Å². The van der Waals surface area contributed by atoms with E-state index in [2.05, 4.69) is 36.9 Å². The summed E-state index contributed by atoms with van der Waals surface area (Å²) in [6.45, 7) is 7.67. The van der Waals surface area contributed by atoms with Crippen LogP contribution in [-0.4, -0.2) is 136 Å². The number of aromatic nitrogens is 1. The quantitative estimate of drug-likeness (QED) is 0.0538. The number of hydrogen-bond acceptors (Lipinski definition) is 11. The van der Waals surface area contributed by atoms with E-state index in [1.54, 1.807) is 27.0 Å². The number of rotatable bonds is 24. The SMILES string of the molecule is CC[C@H](C)[C@H](NC(=O)[C@H](Cc1c[nH]c2ccccc12)NC(=O)[C@@H]1CCCN1C(=O)[C@@H](NC(=O)[C@H](C)N)C(C)C)C(=O)NCC(=O)N[C@@H](CCCCN)C(=O)N[C@@H](CO)C(=O)O. The molecule has 0 spiro atoms. The fraction of sp³-hybridized carbons (Fsp3) is 0.610. The van der Waals surface area contributed by atoms with Crippen molar-refractivity contribution in [2.45, 2.75) is 122 Å². The first-order chi connectivity index (χ1) is 28.9. The maximum Gasteiger partial charge on any atom is 0.328 e. The maximum atomic E-state index is 14.3. The summed E-state index contributed by atoms with van der Waals surface area (Å²) < 4.78 is 0. The minimum absolute atomic E-state index is 0.00515. The fourth-order valence-corrected chi connectivity index (χ4v) is 6.98. The zero-order chi connectivity index (χ0) is 45.4. The number of H-pyrrole nitrogens is 1. The van der Waals surface area contributed by atoms with Gasteiger partial charge < -0.3 is 63.5 Å². The van der Waals surface area contributed by atoms with Gasteiger partial charge in [0.25, 0.3) is 0 Å². The van der Waals surface area contributed by atoms with Gasteiger partial charge in [-0.1, -0.05) is 52.3 Å². The second-order valence-electron chi connectivity index (χ2n) is 15.9. The number of carboxylic acid groups (broad SMARTS) is 1. The minimum atomic E-state index is -1.60. The molecule has 0 bridgehead atoms. The predicted molar refractivity (Wildman–Crippen MR) is 225 cm³/mol. The standard InChI is InChI=1S/C41H64N10O10/c1-6-23(4)34(39(58)45-20-32(53)46-28(14-9-10-16-42)36(55)48-30(21-52)41(60)61)50-37(56)29(18-25-19-44-27-13-8-7-12-26(25)27)47-38(57)31-15-11-17-51(31)40(59)33(22(2)3)49-35(54)24(5)43/h7-8,12-13,19,22-24,28-31,33-34,44,52H,6,9-11,14-18,20-21,42-43H2,1-5H3,(H,45,58)(H,46,53)(H,47,57)(H,48,55)(H,49,54)(H,50,56)(H,60,61)/t23-,24-,28-,29-,30-,31-,33-,34-/m0/s1. The highest BCUT2D eigenvalue weighted by molar-refractivity contribution is 5.98. The highest BCUT2D eigenvalue weighted by Gasteiger charge is 2.40. The van der Waals surface area contributed by atoms with E-state index in [0.29, 0.717) is 44.2 Å². The number of likely N-dealkylation sites (tertiary alicyclic amines) is 1. The molecule has 0 unspecified atom stereocenters. The van der Waals surface area contributed by atoms with Gasteiger partial charge in [-0.25, -0.2) is 4.79 Å². The number of unbranched alkanes of at least 4 members (excludes halogenated alkanes) is 1. The number of hydrogen-bond donors (Lipinski definition) is 11. The maximum absolute atomic E-state index is 14.3. The van der Waals surface area contributed by atoms with Gasteiger partial charge in [-0.3, -0.25) is 33.6 Å². The van der Waals surface area contributed by atoms with Crippen LogP contribution in [0.1, 0.15) is 78.7 Å².